The van der Waals surface area contributed by atoms with Crippen molar-refractivity contribution in [3.63, 3.8) is 0 Å². The number of amides is 1. The Morgan fingerprint density at radius 3 is 2.39 bits per heavy atom. The quantitative estimate of drug-likeness (QED) is 0.687. The maximum Gasteiger partial charge on any atom is 0.280 e. The van der Waals surface area contributed by atoms with Crippen molar-refractivity contribution in [3.05, 3.63) is 81.9 Å². The SMILES string of the molecule is CC1=NN(c2ccccc2)C(=O)C1=Cc1c(O)n(-c2ccc(F)cc2)[nH]c1=O. The minimum Gasteiger partial charge on any atom is -0.493 e. The van der Waals surface area contributed by atoms with Crippen molar-refractivity contribution < 1.29 is 14.3 Å². The minimum absolute atomic E-state index is 0.0860. The van der Waals surface area contributed by atoms with Gasteiger partial charge in [-0.05, 0) is 49.4 Å². The predicted octanol–water partition coefficient (Wildman–Crippen LogP) is 2.82. The van der Waals surface area contributed by atoms with Crippen LogP contribution >= 0.6 is 0 Å². The molecule has 0 radical (unpaired) electrons. The summed E-state index contributed by atoms with van der Waals surface area (Å²) in [6.07, 6.45) is 1.30. The van der Waals surface area contributed by atoms with Crippen LogP contribution in [-0.4, -0.2) is 26.5 Å². The molecule has 2 heterocycles. The Labute approximate surface area is 158 Å². The summed E-state index contributed by atoms with van der Waals surface area (Å²) in [7, 11) is 0. The van der Waals surface area contributed by atoms with Gasteiger partial charge in [0.05, 0.1) is 22.7 Å². The second-order valence-corrected chi connectivity index (χ2v) is 6.19. The van der Waals surface area contributed by atoms with Gasteiger partial charge in [0.15, 0.2) is 0 Å². The van der Waals surface area contributed by atoms with Crippen LogP contribution in [0.25, 0.3) is 11.8 Å². The van der Waals surface area contributed by atoms with Crippen molar-refractivity contribution in [2.45, 2.75) is 6.92 Å². The molecule has 0 atom stereocenters. The first-order valence-corrected chi connectivity index (χ1v) is 8.42. The monoisotopic (exact) mass is 378 g/mol. The molecule has 7 nitrogen and oxygen atoms in total. The van der Waals surface area contributed by atoms with E-state index in [1.165, 1.54) is 35.4 Å². The third kappa shape index (κ3) is 2.90. The van der Waals surface area contributed by atoms with Crippen molar-refractivity contribution in [1.82, 2.24) is 9.78 Å². The van der Waals surface area contributed by atoms with Crippen LogP contribution in [0.2, 0.25) is 0 Å². The van der Waals surface area contributed by atoms with E-state index < -0.39 is 17.3 Å². The first kappa shape index (κ1) is 17.5. The van der Waals surface area contributed by atoms with Gasteiger partial charge in [-0.3, -0.25) is 14.7 Å². The van der Waals surface area contributed by atoms with Gasteiger partial charge < -0.3 is 5.11 Å². The number of aromatic nitrogens is 2. The van der Waals surface area contributed by atoms with E-state index >= 15 is 0 Å². The Hall–Kier alpha value is -3.94. The van der Waals surface area contributed by atoms with Gasteiger partial charge in [0.25, 0.3) is 11.5 Å². The number of rotatable bonds is 3. The van der Waals surface area contributed by atoms with Crippen molar-refractivity contribution in [2.24, 2.45) is 5.10 Å². The number of para-hydroxylation sites is 1. The highest BCUT2D eigenvalue weighted by molar-refractivity contribution is 6.32. The van der Waals surface area contributed by atoms with Gasteiger partial charge in [0, 0.05) is 0 Å². The van der Waals surface area contributed by atoms with Crippen LogP contribution in [0, 0.1) is 5.82 Å². The van der Waals surface area contributed by atoms with Crippen molar-refractivity contribution in [1.29, 1.82) is 0 Å². The number of halogens is 1. The van der Waals surface area contributed by atoms with Crippen LogP contribution in [0.1, 0.15) is 12.5 Å². The molecule has 0 saturated heterocycles. The molecule has 8 heteroatoms. The summed E-state index contributed by atoms with van der Waals surface area (Å²) in [6, 6.07) is 14.1. The number of carbonyl (C=O) groups excluding carboxylic acids is 1. The second-order valence-electron chi connectivity index (χ2n) is 6.19. The maximum atomic E-state index is 13.1. The highest BCUT2D eigenvalue weighted by Gasteiger charge is 2.29. The highest BCUT2D eigenvalue weighted by atomic mass is 19.1. The van der Waals surface area contributed by atoms with Gasteiger partial charge in [-0.25, -0.2) is 9.07 Å². The zero-order chi connectivity index (χ0) is 19.8. The molecule has 2 aromatic carbocycles. The molecule has 28 heavy (non-hydrogen) atoms. The number of aromatic amines is 1. The van der Waals surface area contributed by atoms with E-state index in [4.69, 9.17) is 0 Å². The van der Waals surface area contributed by atoms with Crippen molar-refractivity contribution >= 4 is 23.4 Å². The fourth-order valence-electron chi connectivity index (χ4n) is 2.92. The highest BCUT2D eigenvalue weighted by Crippen LogP contribution is 2.26. The van der Waals surface area contributed by atoms with E-state index in [0.29, 0.717) is 17.1 Å². The maximum absolute atomic E-state index is 13.1. The molecule has 0 fully saturated rings. The Kier molecular flexibility index (Phi) is 4.15. The molecule has 4 rings (SSSR count). The molecule has 0 unspecified atom stereocenters. The van der Waals surface area contributed by atoms with E-state index in [2.05, 4.69) is 10.2 Å². The zero-order valence-electron chi connectivity index (χ0n) is 14.8. The lowest BCUT2D eigenvalue weighted by molar-refractivity contribution is -0.114. The number of hydrogen-bond acceptors (Lipinski definition) is 4. The van der Waals surface area contributed by atoms with Gasteiger partial charge in [0.1, 0.15) is 11.4 Å². The van der Waals surface area contributed by atoms with Crippen LogP contribution in [0.4, 0.5) is 10.1 Å². The Balaban J connectivity index is 1.74. The van der Waals surface area contributed by atoms with Gasteiger partial charge in [-0.15, -0.1) is 0 Å². The normalized spacial score (nSPS) is 15.4. The molecule has 1 aliphatic rings. The van der Waals surface area contributed by atoms with Crippen LogP contribution in [0.3, 0.4) is 0 Å². The van der Waals surface area contributed by atoms with Crippen LogP contribution in [-0.2, 0) is 4.79 Å². The fraction of sp³-hybridized carbons (Fsp3) is 0.0500. The number of H-pyrrole nitrogens is 1. The summed E-state index contributed by atoms with van der Waals surface area (Å²) in [6.45, 7) is 1.65. The summed E-state index contributed by atoms with van der Waals surface area (Å²) in [4.78, 5) is 25.1. The average Bonchev–Trinajstić information content (AvgIpc) is 3.14. The molecule has 0 spiro atoms. The third-order valence-electron chi connectivity index (χ3n) is 4.35. The Bertz CT molecular complexity index is 1170. The van der Waals surface area contributed by atoms with Gasteiger partial charge >= 0.3 is 0 Å². The lowest BCUT2D eigenvalue weighted by Gasteiger charge is -2.10. The summed E-state index contributed by atoms with van der Waals surface area (Å²) in [5.41, 5.74) is 0.904. The second kappa shape index (κ2) is 6.66. The number of benzene rings is 2. The predicted molar refractivity (Wildman–Crippen MR) is 103 cm³/mol. The number of nitrogens with one attached hydrogen (secondary N) is 1. The van der Waals surface area contributed by atoms with Crippen LogP contribution < -0.4 is 10.6 Å². The number of carbonyl (C=O) groups is 1. The van der Waals surface area contributed by atoms with Gasteiger partial charge in [0.2, 0.25) is 5.88 Å². The lowest BCUT2D eigenvalue weighted by atomic mass is 10.1. The van der Waals surface area contributed by atoms with E-state index in [0.717, 1.165) is 4.68 Å². The minimum atomic E-state index is -0.590. The molecule has 140 valence electrons. The molecule has 0 aliphatic carbocycles. The van der Waals surface area contributed by atoms with E-state index in [1.807, 2.05) is 6.07 Å². The van der Waals surface area contributed by atoms with Crippen LogP contribution in [0.15, 0.2) is 70.1 Å². The first-order chi connectivity index (χ1) is 13.5. The van der Waals surface area contributed by atoms with Crippen molar-refractivity contribution in [2.75, 3.05) is 5.01 Å². The number of aromatic hydroxyl groups is 1. The molecule has 1 amide bonds. The molecule has 1 aliphatic heterocycles. The molecular formula is C20H15FN4O3. The lowest BCUT2D eigenvalue weighted by Crippen LogP contribution is -2.21. The van der Waals surface area contributed by atoms with Crippen LogP contribution in [0.5, 0.6) is 5.88 Å². The summed E-state index contributed by atoms with van der Waals surface area (Å²) < 4.78 is 14.2. The summed E-state index contributed by atoms with van der Waals surface area (Å²) >= 11 is 0. The summed E-state index contributed by atoms with van der Waals surface area (Å²) in [5, 5.41) is 18.4. The average molecular weight is 378 g/mol. The first-order valence-electron chi connectivity index (χ1n) is 8.42. The molecule has 0 saturated carbocycles. The number of hydrogen-bond donors (Lipinski definition) is 2. The zero-order valence-corrected chi connectivity index (χ0v) is 14.8. The largest absolute Gasteiger partial charge is 0.493 e. The molecule has 1 aromatic heterocycles. The Morgan fingerprint density at radius 2 is 1.71 bits per heavy atom. The van der Waals surface area contributed by atoms with Gasteiger partial charge in [-0.2, -0.15) is 10.1 Å². The molecule has 3 aromatic rings. The summed E-state index contributed by atoms with van der Waals surface area (Å²) in [5.74, 6) is -1.23. The van der Waals surface area contributed by atoms with Crippen molar-refractivity contribution in [3.8, 4) is 11.6 Å². The Morgan fingerprint density at radius 1 is 1.04 bits per heavy atom. The van der Waals surface area contributed by atoms with Gasteiger partial charge in [-0.1, -0.05) is 18.2 Å². The smallest absolute Gasteiger partial charge is 0.280 e. The number of anilines is 1. The molecule has 2 N–H and O–H groups in total. The molecule has 0 bridgehead atoms. The van der Waals surface area contributed by atoms with E-state index in [9.17, 15) is 19.1 Å². The fourth-order valence-corrected chi connectivity index (χ4v) is 2.92. The number of nitrogens with zero attached hydrogens (tertiary/aromatic N) is 3. The van der Waals surface area contributed by atoms with E-state index in [1.54, 1.807) is 31.2 Å². The van der Waals surface area contributed by atoms with E-state index in [-0.39, 0.29) is 17.0 Å². The number of hydrazone groups is 1. The standard InChI is InChI=1S/C20H15FN4O3/c1-12-16(19(27)24(22-12)14-5-3-2-4-6-14)11-17-18(26)23-25(20(17)28)15-9-7-13(21)8-10-15/h2-11,28H,1H3,(H,23,26). The third-order valence-corrected chi connectivity index (χ3v) is 4.35. The topological polar surface area (TPSA) is 90.7 Å². The molecular weight excluding hydrogens is 363 g/mol.